The van der Waals surface area contributed by atoms with E-state index < -0.39 is 17.8 Å². The number of nitrogens with zero attached hydrogens (tertiary/aromatic N) is 3. The summed E-state index contributed by atoms with van der Waals surface area (Å²) in [7, 11) is 0. The molecule has 3 amide bonds. The molecule has 1 atom stereocenters. The van der Waals surface area contributed by atoms with E-state index in [-0.39, 0.29) is 46.5 Å². The monoisotopic (exact) mass is 733 g/mol. The minimum absolute atomic E-state index is 0.0266. The molecular weight excluding hydrogens is 686 g/mol. The van der Waals surface area contributed by atoms with Crippen molar-refractivity contribution in [3.05, 3.63) is 75.5 Å². The van der Waals surface area contributed by atoms with E-state index in [1.807, 2.05) is 12.1 Å². The van der Waals surface area contributed by atoms with Crippen molar-refractivity contribution in [1.82, 2.24) is 30.0 Å². The van der Waals surface area contributed by atoms with E-state index in [2.05, 4.69) is 20.2 Å². The summed E-state index contributed by atoms with van der Waals surface area (Å²) < 4.78 is 24.3. The largest absolute Gasteiger partial charge is 0.372 e. The normalized spacial score (nSPS) is 24.2. The fourth-order valence-electron chi connectivity index (χ4n) is 8.24. The van der Waals surface area contributed by atoms with Crippen LogP contribution < -0.4 is 21.3 Å². The van der Waals surface area contributed by atoms with Crippen LogP contribution in [0.1, 0.15) is 79.4 Å². The summed E-state index contributed by atoms with van der Waals surface area (Å²) in [5, 5.41) is 11.5. The van der Waals surface area contributed by atoms with Gasteiger partial charge in [0.25, 0.3) is 11.5 Å². The summed E-state index contributed by atoms with van der Waals surface area (Å²) in [4.78, 5) is 54.9. The second kappa shape index (κ2) is 15.6. The van der Waals surface area contributed by atoms with Gasteiger partial charge in [0.05, 0.1) is 41.4 Å². The standard InChI is InChI=1S/C38H48FN7O5S/c39-30-11-10-25(21-31-27-8-4-5-9-28(27)34(48)43-42-31)20-29(30)36(50)46-18-16-45(17-19-46)32(47)22-41-37-12-14-38(15-13-37,51-23-37)24-52-44-35(49)33(40)26-6-2-1-3-7-26/h4-5,8-11,20,26,33,41H,1-3,6-7,12-19,21-24,40H2,(H,43,48)(H,44,49). The quantitative estimate of drug-likeness (QED) is 0.217. The minimum atomic E-state index is -0.608. The number of benzene rings is 2. The summed E-state index contributed by atoms with van der Waals surface area (Å²) in [6, 6.07) is 11.2. The van der Waals surface area contributed by atoms with Gasteiger partial charge in [0.1, 0.15) is 5.82 Å². The summed E-state index contributed by atoms with van der Waals surface area (Å²) in [6.07, 6.45) is 9.35. The van der Waals surface area contributed by atoms with Crippen LogP contribution in [-0.4, -0.2) is 100.0 Å². The fraction of sp³-hybridized carbons (Fsp3) is 0.553. The SMILES string of the molecule is NC(C(=O)NSCC12CCC(NCC(=O)N3CCN(C(=O)c4cc(Cc5n[nH]c(=O)c6ccccc56)ccc4F)CC3)(CC1)CO2)C1CCCCC1. The minimum Gasteiger partial charge on any atom is -0.372 e. The van der Waals surface area contributed by atoms with E-state index in [1.165, 1.54) is 24.4 Å². The van der Waals surface area contributed by atoms with Gasteiger partial charge in [0.15, 0.2) is 0 Å². The molecule has 5 fully saturated rings. The van der Waals surface area contributed by atoms with E-state index in [0.29, 0.717) is 67.0 Å². The third kappa shape index (κ3) is 7.90. The predicted octanol–water partition coefficient (Wildman–Crippen LogP) is 3.28. The van der Waals surface area contributed by atoms with Gasteiger partial charge >= 0.3 is 0 Å². The van der Waals surface area contributed by atoms with Crippen molar-refractivity contribution in [2.75, 3.05) is 45.1 Å². The number of amides is 3. The number of H-pyrrole nitrogens is 1. The number of ether oxygens (including phenoxy) is 1. The molecule has 1 unspecified atom stereocenters. The lowest BCUT2D eigenvalue weighted by molar-refractivity contribution is -0.151. The second-order valence-electron chi connectivity index (χ2n) is 15.0. The predicted molar refractivity (Wildman–Crippen MR) is 197 cm³/mol. The van der Waals surface area contributed by atoms with Crippen LogP contribution in [0, 0.1) is 11.7 Å². The van der Waals surface area contributed by atoms with Crippen molar-refractivity contribution in [2.24, 2.45) is 11.7 Å². The maximum absolute atomic E-state index is 15.0. The van der Waals surface area contributed by atoms with Crippen molar-refractivity contribution in [3.8, 4) is 0 Å². The topological polar surface area (TPSA) is 163 Å². The maximum Gasteiger partial charge on any atom is 0.272 e. The van der Waals surface area contributed by atoms with E-state index in [9.17, 15) is 23.6 Å². The molecule has 0 spiro atoms. The first-order valence-electron chi connectivity index (χ1n) is 18.5. The Morgan fingerprint density at radius 2 is 1.71 bits per heavy atom. The van der Waals surface area contributed by atoms with Gasteiger partial charge in [-0.05, 0) is 80.2 Å². The Kier molecular flexibility index (Phi) is 11.0. The van der Waals surface area contributed by atoms with Gasteiger partial charge in [-0.1, -0.05) is 43.5 Å². The van der Waals surface area contributed by atoms with E-state index in [4.69, 9.17) is 10.5 Å². The molecular formula is C38H48FN7O5S. The number of aromatic nitrogens is 2. The summed E-state index contributed by atoms with van der Waals surface area (Å²) >= 11 is 1.40. The van der Waals surface area contributed by atoms with Crippen LogP contribution in [0.2, 0.25) is 0 Å². The van der Waals surface area contributed by atoms with Gasteiger partial charge in [0.2, 0.25) is 11.8 Å². The highest BCUT2D eigenvalue weighted by atomic mass is 32.2. The third-order valence-electron chi connectivity index (χ3n) is 11.7. The molecule has 1 aromatic heterocycles. The van der Waals surface area contributed by atoms with Crippen LogP contribution in [0.4, 0.5) is 4.39 Å². The average molecular weight is 734 g/mol. The molecule has 5 aliphatic rings. The molecule has 2 bridgehead atoms. The first-order chi connectivity index (χ1) is 25.1. The number of fused-ring (bicyclic) bond motifs is 4. The number of carbonyl (C=O) groups excluding carboxylic acids is 3. The van der Waals surface area contributed by atoms with Crippen LogP contribution in [0.25, 0.3) is 10.8 Å². The van der Waals surface area contributed by atoms with Crippen LogP contribution in [-0.2, 0) is 20.7 Å². The lowest BCUT2D eigenvalue weighted by atomic mass is 9.72. The number of aromatic amines is 1. The smallest absolute Gasteiger partial charge is 0.272 e. The van der Waals surface area contributed by atoms with Gasteiger partial charge in [0, 0.05) is 49.3 Å². The molecule has 2 saturated carbocycles. The molecule has 3 saturated heterocycles. The van der Waals surface area contributed by atoms with Crippen molar-refractivity contribution in [3.63, 3.8) is 0 Å². The van der Waals surface area contributed by atoms with Crippen LogP contribution in [0.5, 0.6) is 0 Å². The molecule has 0 radical (unpaired) electrons. The van der Waals surface area contributed by atoms with Crippen LogP contribution in [0.3, 0.4) is 0 Å². The Hall–Kier alpha value is -3.85. The third-order valence-corrected chi connectivity index (χ3v) is 12.7. The van der Waals surface area contributed by atoms with Crippen molar-refractivity contribution in [2.45, 2.75) is 81.4 Å². The van der Waals surface area contributed by atoms with Crippen molar-refractivity contribution >= 4 is 40.4 Å². The van der Waals surface area contributed by atoms with Crippen molar-refractivity contribution in [1.29, 1.82) is 0 Å². The molecule has 2 aliphatic carbocycles. The lowest BCUT2D eigenvalue weighted by Crippen LogP contribution is -2.64. The molecule has 52 heavy (non-hydrogen) atoms. The number of hydrogen-bond acceptors (Lipinski definition) is 9. The molecule has 12 nitrogen and oxygen atoms in total. The summed E-state index contributed by atoms with van der Waals surface area (Å²) in [5.41, 5.74) is 6.74. The maximum atomic E-state index is 15.0. The Bertz CT molecular complexity index is 1830. The first kappa shape index (κ1) is 36.5. The molecule has 3 aromatic rings. The molecule has 5 N–H and O–H groups in total. The molecule has 2 aromatic carbocycles. The number of piperazine rings is 1. The number of nitrogens with one attached hydrogen (secondary N) is 3. The highest BCUT2D eigenvalue weighted by molar-refractivity contribution is 7.98. The Labute approximate surface area is 306 Å². The number of carbonyl (C=O) groups is 3. The van der Waals surface area contributed by atoms with Gasteiger partial charge in [-0.15, -0.1) is 0 Å². The second-order valence-corrected chi connectivity index (χ2v) is 15.8. The zero-order chi connectivity index (χ0) is 36.3. The van der Waals surface area contributed by atoms with E-state index in [0.717, 1.165) is 51.4 Å². The summed E-state index contributed by atoms with van der Waals surface area (Å²) in [5.74, 6) is -0.215. The molecule has 4 heterocycles. The fourth-order valence-corrected chi connectivity index (χ4v) is 9.23. The number of rotatable bonds is 11. The number of hydrogen-bond donors (Lipinski definition) is 4. The van der Waals surface area contributed by atoms with Gasteiger partial charge in [-0.3, -0.25) is 23.9 Å². The van der Waals surface area contributed by atoms with E-state index in [1.54, 1.807) is 34.1 Å². The van der Waals surface area contributed by atoms with Gasteiger partial charge in [-0.2, -0.15) is 5.10 Å². The summed E-state index contributed by atoms with van der Waals surface area (Å²) in [6.45, 7) is 2.02. The average Bonchev–Trinajstić information content (AvgIpc) is 3.19. The molecule has 278 valence electrons. The highest BCUT2D eigenvalue weighted by Crippen LogP contribution is 2.45. The van der Waals surface area contributed by atoms with Gasteiger partial charge < -0.3 is 25.6 Å². The highest BCUT2D eigenvalue weighted by Gasteiger charge is 2.50. The zero-order valence-corrected chi connectivity index (χ0v) is 30.3. The number of halogens is 1. The van der Waals surface area contributed by atoms with Crippen LogP contribution in [0.15, 0.2) is 47.3 Å². The Morgan fingerprint density at radius 3 is 2.42 bits per heavy atom. The molecule has 8 rings (SSSR count). The molecule has 3 aliphatic heterocycles. The van der Waals surface area contributed by atoms with Gasteiger partial charge in [-0.25, -0.2) is 9.49 Å². The van der Waals surface area contributed by atoms with E-state index >= 15 is 0 Å². The van der Waals surface area contributed by atoms with Crippen molar-refractivity contribution < 1.29 is 23.5 Å². The lowest BCUT2D eigenvalue weighted by Gasteiger charge is -2.53. The number of nitrogens with two attached hydrogens (primary N) is 1. The Balaban J connectivity index is 0.857. The first-order valence-corrected chi connectivity index (χ1v) is 19.5. The Morgan fingerprint density at radius 1 is 1.00 bits per heavy atom. The van der Waals surface area contributed by atoms with Crippen LogP contribution >= 0.6 is 11.9 Å². The molecule has 14 heteroatoms. The zero-order valence-electron chi connectivity index (χ0n) is 29.5.